The summed E-state index contributed by atoms with van der Waals surface area (Å²) in [5, 5.41) is 0. The molecule has 0 spiro atoms. The van der Waals surface area contributed by atoms with Crippen molar-refractivity contribution in [2.75, 3.05) is 0 Å². The normalized spacial score (nSPS) is 12.7. The monoisotopic (exact) mass is 255 g/mol. The predicted molar refractivity (Wildman–Crippen MR) is 47.7 cm³/mol. The van der Waals surface area contributed by atoms with Crippen LogP contribution in [0.5, 0.6) is 0 Å². The molecule has 0 aliphatic rings. The average molecular weight is 255 g/mol. The number of nitrogens with one attached hydrogen (secondary N) is 1. The van der Waals surface area contributed by atoms with Crippen LogP contribution < -0.4 is 4.94 Å². The standard InChI is InChI=1S/C6H6FNO5S2/c7-8-14(9,10)5-3-1-2-4-6(5)15(11,12)13/h1-4,8H,(H,11,12,13). The molecule has 1 aromatic rings. The summed E-state index contributed by atoms with van der Waals surface area (Å²) in [6.45, 7) is 0. The molecule has 0 aromatic heterocycles. The molecule has 1 aromatic carbocycles. The Hall–Kier alpha value is -1.03. The number of benzene rings is 1. The van der Waals surface area contributed by atoms with Gasteiger partial charge in [0.1, 0.15) is 9.79 Å². The first-order chi connectivity index (χ1) is 6.79. The lowest BCUT2D eigenvalue weighted by atomic mass is 10.4. The van der Waals surface area contributed by atoms with Crippen LogP contribution >= 0.6 is 0 Å². The van der Waals surface area contributed by atoms with Crippen LogP contribution in [-0.4, -0.2) is 21.4 Å². The van der Waals surface area contributed by atoms with Gasteiger partial charge < -0.3 is 0 Å². The summed E-state index contributed by atoms with van der Waals surface area (Å²) >= 11 is 0. The molecule has 0 bridgehead atoms. The molecule has 0 radical (unpaired) electrons. The van der Waals surface area contributed by atoms with Gasteiger partial charge in [-0.05, 0) is 17.1 Å². The summed E-state index contributed by atoms with van der Waals surface area (Å²) in [6.07, 6.45) is 0. The maximum Gasteiger partial charge on any atom is 0.295 e. The van der Waals surface area contributed by atoms with Crippen LogP contribution in [0.4, 0.5) is 4.48 Å². The third-order valence-electron chi connectivity index (χ3n) is 1.52. The molecule has 0 aliphatic carbocycles. The molecule has 2 N–H and O–H groups in total. The fourth-order valence-corrected chi connectivity index (χ4v) is 2.82. The highest BCUT2D eigenvalue weighted by molar-refractivity contribution is 7.91. The molecule has 0 atom stereocenters. The Bertz CT molecular complexity index is 565. The Kier molecular flexibility index (Phi) is 3.09. The van der Waals surface area contributed by atoms with Gasteiger partial charge in [-0.3, -0.25) is 4.55 Å². The zero-order valence-electron chi connectivity index (χ0n) is 7.08. The van der Waals surface area contributed by atoms with Crippen molar-refractivity contribution >= 4 is 20.1 Å². The third kappa shape index (κ3) is 2.50. The first kappa shape index (κ1) is 12.0. The van der Waals surface area contributed by atoms with Gasteiger partial charge in [0.25, 0.3) is 20.1 Å². The van der Waals surface area contributed by atoms with Crippen LogP contribution in [0.2, 0.25) is 0 Å². The van der Waals surface area contributed by atoms with Gasteiger partial charge in [-0.2, -0.15) is 8.42 Å². The van der Waals surface area contributed by atoms with Gasteiger partial charge >= 0.3 is 0 Å². The van der Waals surface area contributed by atoms with Crippen LogP contribution in [0.1, 0.15) is 0 Å². The molecule has 15 heavy (non-hydrogen) atoms. The number of halogens is 1. The van der Waals surface area contributed by atoms with Crippen molar-refractivity contribution in [1.29, 1.82) is 0 Å². The van der Waals surface area contributed by atoms with E-state index in [1.807, 2.05) is 0 Å². The van der Waals surface area contributed by atoms with E-state index in [2.05, 4.69) is 0 Å². The molecule has 1 rings (SSSR count). The van der Waals surface area contributed by atoms with Crippen LogP contribution in [0.3, 0.4) is 0 Å². The summed E-state index contributed by atoms with van der Waals surface area (Å²) in [5.74, 6) is 0. The Labute approximate surface area is 85.5 Å². The van der Waals surface area contributed by atoms with Gasteiger partial charge in [0.15, 0.2) is 0 Å². The minimum atomic E-state index is -4.71. The van der Waals surface area contributed by atoms with Gasteiger partial charge in [0.2, 0.25) is 0 Å². The largest absolute Gasteiger partial charge is 0.295 e. The van der Waals surface area contributed by atoms with E-state index in [4.69, 9.17) is 4.55 Å². The van der Waals surface area contributed by atoms with Crippen LogP contribution in [0.25, 0.3) is 0 Å². The van der Waals surface area contributed by atoms with Crippen molar-refractivity contribution in [2.45, 2.75) is 9.79 Å². The minimum absolute atomic E-state index is 0.467. The predicted octanol–water partition coefficient (Wildman–Crippen LogP) is 0.0961. The van der Waals surface area contributed by atoms with E-state index < -0.39 is 29.9 Å². The third-order valence-corrected chi connectivity index (χ3v) is 3.70. The second-order valence-corrected chi connectivity index (χ2v) is 5.49. The van der Waals surface area contributed by atoms with Crippen LogP contribution in [0.15, 0.2) is 34.1 Å². The summed E-state index contributed by atoms with van der Waals surface area (Å²) in [7, 11) is -9.28. The minimum Gasteiger partial charge on any atom is -0.282 e. The van der Waals surface area contributed by atoms with Crippen molar-refractivity contribution < 1.29 is 25.9 Å². The van der Waals surface area contributed by atoms with Crippen molar-refractivity contribution in [3.8, 4) is 0 Å². The summed E-state index contributed by atoms with van der Waals surface area (Å²) < 4.78 is 64.1. The zero-order chi connectivity index (χ0) is 11.7. The van der Waals surface area contributed by atoms with Gasteiger partial charge in [-0.25, -0.2) is 8.42 Å². The Morgan fingerprint density at radius 1 is 1.07 bits per heavy atom. The number of rotatable bonds is 3. The second-order valence-electron chi connectivity index (χ2n) is 2.50. The molecule has 84 valence electrons. The average Bonchev–Trinajstić information content (AvgIpc) is 2.16. The van der Waals surface area contributed by atoms with E-state index in [0.29, 0.717) is 4.94 Å². The van der Waals surface area contributed by atoms with Crippen LogP contribution in [0, 0.1) is 0 Å². The molecule has 0 saturated heterocycles. The Balaban J connectivity index is 3.59. The van der Waals surface area contributed by atoms with Gasteiger partial charge in [-0.15, -0.1) is 4.48 Å². The molecular formula is C6H6FNO5S2. The highest BCUT2D eigenvalue weighted by Crippen LogP contribution is 2.19. The lowest BCUT2D eigenvalue weighted by molar-refractivity contribution is 0.423. The van der Waals surface area contributed by atoms with Crippen molar-refractivity contribution in [3.63, 3.8) is 0 Å². The lowest BCUT2D eigenvalue weighted by Crippen LogP contribution is -2.18. The molecule has 0 amide bonds. The summed E-state index contributed by atoms with van der Waals surface area (Å²) in [6, 6.07) is 4.09. The molecule has 6 nitrogen and oxygen atoms in total. The fraction of sp³-hybridized carbons (Fsp3) is 0. The van der Waals surface area contributed by atoms with Crippen molar-refractivity contribution in [3.05, 3.63) is 24.3 Å². The van der Waals surface area contributed by atoms with E-state index in [0.717, 1.165) is 12.1 Å². The van der Waals surface area contributed by atoms with Crippen molar-refractivity contribution in [1.82, 2.24) is 4.94 Å². The summed E-state index contributed by atoms with van der Waals surface area (Å²) in [4.78, 5) is -1.26. The van der Waals surface area contributed by atoms with E-state index in [-0.39, 0.29) is 0 Å². The molecule has 0 aliphatic heterocycles. The topological polar surface area (TPSA) is 101 Å². The van der Waals surface area contributed by atoms with Gasteiger partial charge in [0, 0.05) is 0 Å². The maximum atomic E-state index is 11.9. The number of hydrogen-bond acceptors (Lipinski definition) is 4. The highest BCUT2D eigenvalue weighted by atomic mass is 32.2. The maximum absolute atomic E-state index is 11.9. The number of sulfonamides is 1. The molecule has 0 unspecified atom stereocenters. The van der Waals surface area contributed by atoms with Crippen LogP contribution in [-0.2, 0) is 20.1 Å². The van der Waals surface area contributed by atoms with Crippen molar-refractivity contribution in [2.24, 2.45) is 0 Å². The lowest BCUT2D eigenvalue weighted by Gasteiger charge is -2.04. The van der Waals surface area contributed by atoms with E-state index in [9.17, 15) is 21.3 Å². The Morgan fingerprint density at radius 3 is 1.93 bits per heavy atom. The fourth-order valence-electron chi connectivity index (χ4n) is 0.927. The first-order valence-electron chi connectivity index (χ1n) is 3.48. The molecule has 9 heteroatoms. The first-order valence-corrected chi connectivity index (χ1v) is 6.40. The Morgan fingerprint density at radius 2 is 1.53 bits per heavy atom. The summed E-state index contributed by atoms with van der Waals surface area (Å²) in [5.41, 5.74) is 0. The van der Waals surface area contributed by atoms with E-state index >= 15 is 0 Å². The SMILES string of the molecule is O=S(=O)(O)c1ccccc1S(=O)(=O)NF. The zero-order valence-corrected chi connectivity index (χ0v) is 8.72. The second kappa shape index (κ2) is 3.85. The quantitative estimate of drug-likeness (QED) is 0.589. The van der Waals surface area contributed by atoms with Gasteiger partial charge in [-0.1, -0.05) is 12.1 Å². The van der Waals surface area contributed by atoms with E-state index in [1.165, 1.54) is 12.1 Å². The highest BCUT2D eigenvalue weighted by Gasteiger charge is 2.24. The molecule has 0 fully saturated rings. The molecule has 0 saturated carbocycles. The van der Waals surface area contributed by atoms with Gasteiger partial charge in [0.05, 0.1) is 0 Å². The molecular weight excluding hydrogens is 249 g/mol. The smallest absolute Gasteiger partial charge is 0.282 e. The molecule has 0 heterocycles. The number of hydrogen-bond donors (Lipinski definition) is 2. The van der Waals surface area contributed by atoms with E-state index in [1.54, 1.807) is 0 Å².